The lowest BCUT2D eigenvalue weighted by molar-refractivity contribution is -0.119. The maximum Gasteiger partial charge on any atom is 0.231 e. The number of carbonyl (C=O) groups is 1. The average molecular weight is 438 g/mol. The summed E-state index contributed by atoms with van der Waals surface area (Å²) in [6.45, 7) is 0. The zero-order valence-corrected chi connectivity index (χ0v) is 17.1. The largest absolute Gasteiger partial charge is 0.507 e. The first kappa shape index (κ1) is 19.9. The van der Waals surface area contributed by atoms with Crippen LogP contribution in [0.15, 0.2) is 71.1 Å². The van der Waals surface area contributed by atoms with Crippen molar-refractivity contribution >= 4 is 51.6 Å². The Morgan fingerprint density at radius 2 is 1.87 bits per heavy atom. The number of fused-ring (bicyclic) bond motifs is 1. The minimum atomic E-state index is -0.262. The van der Waals surface area contributed by atoms with Crippen LogP contribution in [0, 0.1) is 0 Å². The van der Waals surface area contributed by atoms with Crippen molar-refractivity contribution in [2.45, 2.75) is 6.42 Å². The molecule has 0 spiro atoms. The normalized spacial score (nSPS) is 10.7. The molecule has 4 aromatic rings. The molecule has 0 fully saturated rings. The van der Waals surface area contributed by atoms with Gasteiger partial charge in [-0.15, -0.1) is 0 Å². The van der Waals surface area contributed by atoms with Crippen molar-refractivity contribution in [1.29, 1.82) is 0 Å². The highest BCUT2D eigenvalue weighted by atomic mass is 35.5. The number of rotatable bonds is 4. The Kier molecular flexibility index (Phi) is 5.65. The number of carbonyl (C=O) groups excluding carboxylic acids is 1. The van der Waals surface area contributed by atoms with E-state index >= 15 is 0 Å². The van der Waals surface area contributed by atoms with Crippen LogP contribution in [0.3, 0.4) is 0 Å². The number of aromatic nitrogens is 1. The minimum Gasteiger partial charge on any atom is -0.507 e. The molecule has 3 N–H and O–H groups in total. The van der Waals surface area contributed by atoms with Crippen molar-refractivity contribution in [3.63, 3.8) is 0 Å². The topological polar surface area (TPSA) is 87.4 Å². The summed E-state index contributed by atoms with van der Waals surface area (Å²) < 4.78 is 5.69. The fraction of sp³-hybridized carbons (Fsp3) is 0.0455. The lowest BCUT2D eigenvalue weighted by Crippen LogP contribution is -2.35. The molecule has 4 rings (SSSR count). The van der Waals surface area contributed by atoms with Crippen molar-refractivity contribution < 1.29 is 14.3 Å². The summed E-state index contributed by atoms with van der Waals surface area (Å²) in [6.07, 6.45) is 0.168. The van der Waals surface area contributed by atoms with E-state index < -0.39 is 0 Å². The van der Waals surface area contributed by atoms with E-state index in [9.17, 15) is 9.90 Å². The zero-order chi connectivity index (χ0) is 21.1. The Bertz CT molecular complexity index is 1210. The Labute approximate surface area is 182 Å². The number of benzene rings is 3. The van der Waals surface area contributed by atoms with E-state index in [-0.39, 0.29) is 23.2 Å². The van der Waals surface area contributed by atoms with Gasteiger partial charge in [0.1, 0.15) is 11.3 Å². The number of nitrogens with zero attached hydrogens (tertiary/aromatic N) is 1. The highest BCUT2D eigenvalue weighted by Gasteiger charge is 2.13. The first-order valence-corrected chi connectivity index (χ1v) is 9.81. The lowest BCUT2D eigenvalue weighted by atomic mass is 10.1. The minimum absolute atomic E-state index is 0.0261. The molecule has 1 amide bonds. The third kappa shape index (κ3) is 4.59. The third-order valence-electron chi connectivity index (χ3n) is 4.31. The van der Waals surface area contributed by atoms with Crippen LogP contribution in [0.1, 0.15) is 5.56 Å². The van der Waals surface area contributed by atoms with Gasteiger partial charge in [-0.3, -0.25) is 4.79 Å². The van der Waals surface area contributed by atoms with Crippen molar-refractivity contribution in [1.82, 2.24) is 10.3 Å². The van der Waals surface area contributed by atoms with Crippen LogP contribution >= 0.6 is 23.8 Å². The molecule has 0 aliphatic carbocycles. The monoisotopic (exact) mass is 437 g/mol. The van der Waals surface area contributed by atoms with Crippen LogP contribution in [0.4, 0.5) is 5.69 Å². The second-order valence-electron chi connectivity index (χ2n) is 6.52. The zero-order valence-electron chi connectivity index (χ0n) is 15.6. The number of hydrogen-bond donors (Lipinski definition) is 3. The molecule has 0 unspecified atom stereocenters. The van der Waals surface area contributed by atoms with Gasteiger partial charge in [0.25, 0.3) is 0 Å². The van der Waals surface area contributed by atoms with Gasteiger partial charge >= 0.3 is 0 Å². The number of phenols is 1. The standard InChI is InChI=1S/C22H16ClN3O3S/c23-14-7-5-13(6-8-14)11-20(28)26-22(30)24-15-9-10-16(18(27)12-15)21-25-17-3-1-2-4-19(17)29-21/h1-10,12,27H,11H2,(H2,24,26,28,30). The van der Waals surface area contributed by atoms with Gasteiger partial charge in [-0.1, -0.05) is 35.9 Å². The van der Waals surface area contributed by atoms with Gasteiger partial charge in [0, 0.05) is 16.8 Å². The Morgan fingerprint density at radius 3 is 2.60 bits per heavy atom. The Balaban J connectivity index is 1.40. The van der Waals surface area contributed by atoms with Gasteiger partial charge < -0.3 is 20.2 Å². The van der Waals surface area contributed by atoms with Crippen LogP contribution in [0.2, 0.25) is 5.02 Å². The smallest absolute Gasteiger partial charge is 0.231 e. The van der Waals surface area contributed by atoms with E-state index in [1.807, 2.05) is 24.3 Å². The van der Waals surface area contributed by atoms with Gasteiger partial charge in [-0.2, -0.15) is 0 Å². The molecule has 6 nitrogen and oxygen atoms in total. The summed E-state index contributed by atoms with van der Waals surface area (Å²) in [5.74, 6) is 0.0306. The number of aromatic hydroxyl groups is 1. The first-order chi connectivity index (χ1) is 14.5. The van der Waals surface area contributed by atoms with Crippen molar-refractivity contribution in [3.8, 4) is 17.2 Å². The number of amides is 1. The lowest BCUT2D eigenvalue weighted by Gasteiger charge is -2.11. The second kappa shape index (κ2) is 8.52. The third-order valence-corrected chi connectivity index (χ3v) is 4.77. The van der Waals surface area contributed by atoms with E-state index in [2.05, 4.69) is 15.6 Å². The summed E-state index contributed by atoms with van der Waals surface area (Å²) in [7, 11) is 0. The van der Waals surface area contributed by atoms with Crippen molar-refractivity contribution in [2.75, 3.05) is 5.32 Å². The molecular formula is C22H16ClN3O3S. The predicted molar refractivity (Wildman–Crippen MR) is 121 cm³/mol. The number of nitrogens with one attached hydrogen (secondary N) is 2. The predicted octanol–water partition coefficient (Wildman–Crippen LogP) is 4.91. The molecule has 30 heavy (non-hydrogen) atoms. The van der Waals surface area contributed by atoms with Crippen molar-refractivity contribution in [3.05, 3.63) is 77.3 Å². The van der Waals surface area contributed by atoms with E-state index in [0.717, 1.165) is 5.56 Å². The van der Waals surface area contributed by atoms with Gasteiger partial charge in [0.15, 0.2) is 10.7 Å². The van der Waals surface area contributed by atoms with E-state index in [0.29, 0.717) is 33.3 Å². The maximum absolute atomic E-state index is 12.1. The number of para-hydroxylation sites is 2. The summed E-state index contributed by atoms with van der Waals surface area (Å²) in [5, 5.41) is 16.6. The number of oxazole rings is 1. The van der Waals surface area contributed by atoms with Gasteiger partial charge in [0.05, 0.1) is 12.0 Å². The number of anilines is 1. The highest BCUT2D eigenvalue weighted by Crippen LogP contribution is 2.33. The average Bonchev–Trinajstić information content (AvgIpc) is 3.13. The van der Waals surface area contributed by atoms with Gasteiger partial charge in [-0.05, 0) is 54.2 Å². The Hall–Kier alpha value is -3.42. The molecule has 0 bridgehead atoms. The molecule has 1 aromatic heterocycles. The summed E-state index contributed by atoms with van der Waals surface area (Å²) in [6, 6.07) is 19.2. The van der Waals surface area contributed by atoms with Crippen molar-refractivity contribution in [2.24, 2.45) is 0 Å². The number of thiocarbonyl (C=S) groups is 1. The van der Waals surface area contributed by atoms with Crippen LogP contribution in [-0.4, -0.2) is 21.1 Å². The number of phenolic OH excluding ortho intramolecular Hbond substituents is 1. The van der Waals surface area contributed by atoms with Crippen LogP contribution in [-0.2, 0) is 11.2 Å². The SMILES string of the molecule is O=C(Cc1ccc(Cl)cc1)NC(=S)Nc1ccc(-c2nc3ccccc3o2)c(O)c1. The molecule has 0 saturated heterocycles. The molecular weight excluding hydrogens is 422 g/mol. The fourth-order valence-electron chi connectivity index (χ4n) is 2.90. The number of halogens is 1. The Morgan fingerprint density at radius 1 is 1.10 bits per heavy atom. The van der Waals surface area contributed by atoms with E-state index in [1.165, 1.54) is 6.07 Å². The maximum atomic E-state index is 12.1. The first-order valence-electron chi connectivity index (χ1n) is 9.02. The highest BCUT2D eigenvalue weighted by molar-refractivity contribution is 7.80. The molecule has 0 saturated carbocycles. The second-order valence-corrected chi connectivity index (χ2v) is 7.37. The van der Waals surface area contributed by atoms with E-state index in [4.69, 9.17) is 28.2 Å². The molecule has 0 atom stereocenters. The van der Waals surface area contributed by atoms with Crippen LogP contribution in [0.25, 0.3) is 22.6 Å². The molecule has 0 radical (unpaired) electrons. The van der Waals surface area contributed by atoms with Crippen LogP contribution < -0.4 is 10.6 Å². The molecule has 150 valence electrons. The van der Waals surface area contributed by atoms with E-state index in [1.54, 1.807) is 36.4 Å². The van der Waals surface area contributed by atoms with Gasteiger partial charge in [0.2, 0.25) is 11.8 Å². The summed E-state index contributed by atoms with van der Waals surface area (Å²) >= 11 is 11.0. The number of hydrogen-bond acceptors (Lipinski definition) is 5. The van der Waals surface area contributed by atoms with Gasteiger partial charge in [-0.25, -0.2) is 4.98 Å². The summed E-state index contributed by atoms with van der Waals surface area (Å²) in [4.78, 5) is 16.5. The molecule has 0 aliphatic heterocycles. The molecule has 8 heteroatoms. The fourth-order valence-corrected chi connectivity index (χ4v) is 3.26. The molecule has 3 aromatic carbocycles. The molecule has 1 heterocycles. The molecule has 0 aliphatic rings. The van der Waals surface area contributed by atoms with Crippen LogP contribution in [0.5, 0.6) is 5.75 Å². The quantitative estimate of drug-likeness (QED) is 0.393. The summed E-state index contributed by atoms with van der Waals surface area (Å²) in [5.41, 5.74) is 3.14.